The highest BCUT2D eigenvalue weighted by atomic mass is 79.9. The minimum absolute atomic E-state index is 0.149. The molecule has 2 aromatic rings. The summed E-state index contributed by atoms with van der Waals surface area (Å²) in [5, 5.41) is -0.149. The lowest BCUT2D eigenvalue weighted by atomic mass is 10.1. The van der Waals surface area contributed by atoms with E-state index in [1.807, 2.05) is 25.1 Å². The lowest BCUT2D eigenvalue weighted by Crippen LogP contribution is -1.97. The van der Waals surface area contributed by atoms with Gasteiger partial charge in [-0.1, -0.05) is 39.7 Å². The van der Waals surface area contributed by atoms with Crippen molar-refractivity contribution in [2.75, 3.05) is 0 Å². The van der Waals surface area contributed by atoms with Gasteiger partial charge in [-0.25, -0.2) is 14.4 Å². The summed E-state index contributed by atoms with van der Waals surface area (Å²) in [5.74, 6) is -0.142. The number of hydrogen-bond donors (Lipinski definition) is 0. The van der Waals surface area contributed by atoms with E-state index in [9.17, 15) is 4.39 Å². The number of rotatable bonds is 1. The zero-order valence-corrected chi connectivity index (χ0v) is 11.6. The molecule has 0 saturated heterocycles. The fourth-order valence-corrected chi connectivity index (χ4v) is 1.98. The van der Waals surface area contributed by atoms with Gasteiger partial charge in [0.05, 0.1) is 5.69 Å². The first-order valence-electron chi connectivity index (χ1n) is 4.95. The summed E-state index contributed by atoms with van der Waals surface area (Å²) in [6.07, 6.45) is 0. The molecule has 0 unspecified atom stereocenters. The first-order chi connectivity index (χ1) is 7.99. The van der Waals surface area contributed by atoms with Crippen LogP contribution in [0.4, 0.5) is 4.39 Å². The van der Waals surface area contributed by atoms with E-state index in [2.05, 4.69) is 25.9 Å². The first-order valence-corrected chi connectivity index (χ1v) is 6.12. The summed E-state index contributed by atoms with van der Waals surface area (Å²) >= 11 is 9.13. The van der Waals surface area contributed by atoms with Crippen molar-refractivity contribution in [3.05, 3.63) is 44.9 Å². The Balaban J connectivity index is 2.57. The predicted octanol–water partition coefficient (Wildman–Crippen LogP) is 4.32. The zero-order valence-electron chi connectivity index (χ0n) is 9.26. The Morgan fingerprint density at radius 3 is 2.53 bits per heavy atom. The summed E-state index contributed by atoms with van der Waals surface area (Å²) in [7, 11) is 0. The monoisotopic (exact) mass is 314 g/mol. The van der Waals surface area contributed by atoms with E-state index in [4.69, 9.17) is 11.6 Å². The van der Waals surface area contributed by atoms with Crippen molar-refractivity contribution in [1.82, 2.24) is 9.97 Å². The number of halogens is 3. The molecule has 0 amide bonds. The minimum atomic E-state index is -0.568. The van der Waals surface area contributed by atoms with E-state index < -0.39 is 5.82 Å². The van der Waals surface area contributed by atoms with Gasteiger partial charge in [0.15, 0.2) is 16.8 Å². The summed E-state index contributed by atoms with van der Waals surface area (Å²) < 4.78 is 14.3. The molecule has 0 N–H and O–H groups in total. The summed E-state index contributed by atoms with van der Waals surface area (Å²) in [4.78, 5) is 8.02. The number of nitrogens with zero attached hydrogens (tertiary/aromatic N) is 2. The normalized spacial score (nSPS) is 10.6. The fourth-order valence-electron chi connectivity index (χ4n) is 1.39. The second-order valence-corrected chi connectivity index (χ2v) is 4.91. The molecular formula is C12H9BrClFN2. The maximum atomic E-state index is 13.3. The standard InChI is InChI=1S/C12H9BrClFN2/c1-6-3-4-8(5-9(6)13)12-16-7(2)10(15)11(14)17-12/h3-5H,1-2H3. The molecule has 0 fully saturated rings. The van der Waals surface area contributed by atoms with Crippen LogP contribution in [-0.4, -0.2) is 9.97 Å². The SMILES string of the molecule is Cc1ccc(-c2nc(C)c(F)c(Cl)n2)cc1Br. The largest absolute Gasteiger partial charge is 0.230 e. The van der Waals surface area contributed by atoms with Gasteiger partial charge in [0.25, 0.3) is 0 Å². The average Bonchev–Trinajstić information content (AvgIpc) is 2.29. The zero-order chi connectivity index (χ0) is 12.6. The van der Waals surface area contributed by atoms with Crippen molar-refractivity contribution >= 4 is 27.5 Å². The molecule has 2 nitrogen and oxygen atoms in total. The van der Waals surface area contributed by atoms with Gasteiger partial charge in [-0.3, -0.25) is 0 Å². The number of aromatic nitrogens is 2. The lowest BCUT2D eigenvalue weighted by molar-refractivity contribution is 0.603. The van der Waals surface area contributed by atoms with Crippen molar-refractivity contribution in [2.24, 2.45) is 0 Å². The van der Waals surface area contributed by atoms with Gasteiger partial charge in [-0.05, 0) is 25.5 Å². The van der Waals surface area contributed by atoms with Crippen molar-refractivity contribution in [3.63, 3.8) is 0 Å². The number of hydrogen-bond acceptors (Lipinski definition) is 2. The molecule has 1 aromatic carbocycles. The molecule has 0 atom stereocenters. The van der Waals surface area contributed by atoms with Gasteiger partial charge in [0.2, 0.25) is 0 Å². The molecule has 0 bridgehead atoms. The fraction of sp³-hybridized carbons (Fsp3) is 0.167. The Bertz CT molecular complexity index is 564. The topological polar surface area (TPSA) is 25.8 Å². The van der Waals surface area contributed by atoms with E-state index in [1.165, 1.54) is 0 Å². The number of aryl methyl sites for hydroxylation is 2. The highest BCUT2D eigenvalue weighted by molar-refractivity contribution is 9.10. The van der Waals surface area contributed by atoms with E-state index >= 15 is 0 Å². The second kappa shape index (κ2) is 4.70. The lowest BCUT2D eigenvalue weighted by Gasteiger charge is -2.05. The molecule has 0 radical (unpaired) electrons. The van der Waals surface area contributed by atoms with Crippen molar-refractivity contribution in [2.45, 2.75) is 13.8 Å². The molecular weight excluding hydrogens is 307 g/mol. The van der Waals surface area contributed by atoms with Crippen LogP contribution in [0.3, 0.4) is 0 Å². The Labute approximate surface area is 112 Å². The smallest absolute Gasteiger partial charge is 0.181 e. The molecule has 2 rings (SSSR count). The Morgan fingerprint density at radius 2 is 1.94 bits per heavy atom. The molecule has 1 heterocycles. The Kier molecular flexibility index (Phi) is 3.45. The molecule has 0 aliphatic heterocycles. The summed E-state index contributed by atoms with van der Waals surface area (Å²) in [6, 6.07) is 5.71. The van der Waals surface area contributed by atoms with Gasteiger partial charge in [0.1, 0.15) is 0 Å². The third-order valence-corrected chi connectivity index (χ3v) is 3.51. The highest BCUT2D eigenvalue weighted by Gasteiger charge is 2.11. The van der Waals surface area contributed by atoms with Crippen LogP contribution < -0.4 is 0 Å². The van der Waals surface area contributed by atoms with Gasteiger partial charge in [-0.2, -0.15) is 0 Å². The summed E-state index contributed by atoms with van der Waals surface area (Å²) in [5.41, 5.74) is 2.16. The molecule has 5 heteroatoms. The molecule has 0 aliphatic rings. The van der Waals surface area contributed by atoms with E-state index in [0.29, 0.717) is 5.82 Å². The molecule has 0 saturated carbocycles. The van der Waals surface area contributed by atoms with Crippen molar-refractivity contribution in [3.8, 4) is 11.4 Å². The van der Waals surface area contributed by atoms with Crippen LogP contribution in [0.15, 0.2) is 22.7 Å². The number of benzene rings is 1. The maximum Gasteiger partial charge on any atom is 0.181 e. The second-order valence-electron chi connectivity index (χ2n) is 3.70. The predicted molar refractivity (Wildman–Crippen MR) is 69.6 cm³/mol. The Morgan fingerprint density at radius 1 is 1.24 bits per heavy atom. The molecule has 0 spiro atoms. The van der Waals surface area contributed by atoms with E-state index in [1.54, 1.807) is 6.92 Å². The third kappa shape index (κ3) is 2.48. The average molecular weight is 316 g/mol. The van der Waals surface area contributed by atoms with E-state index in [0.717, 1.165) is 15.6 Å². The van der Waals surface area contributed by atoms with E-state index in [-0.39, 0.29) is 10.8 Å². The van der Waals surface area contributed by atoms with Gasteiger partial charge in [-0.15, -0.1) is 0 Å². The maximum absolute atomic E-state index is 13.3. The van der Waals surface area contributed by atoms with Crippen LogP contribution in [0.25, 0.3) is 11.4 Å². The molecule has 1 aromatic heterocycles. The highest BCUT2D eigenvalue weighted by Crippen LogP contribution is 2.25. The van der Waals surface area contributed by atoms with Crippen LogP contribution in [0, 0.1) is 19.7 Å². The van der Waals surface area contributed by atoms with Crippen LogP contribution in [0.2, 0.25) is 5.15 Å². The summed E-state index contributed by atoms with van der Waals surface area (Å²) in [6.45, 7) is 3.55. The van der Waals surface area contributed by atoms with Crippen LogP contribution >= 0.6 is 27.5 Å². The molecule has 17 heavy (non-hydrogen) atoms. The van der Waals surface area contributed by atoms with Gasteiger partial charge in [0, 0.05) is 10.0 Å². The quantitative estimate of drug-likeness (QED) is 0.733. The Hall–Kier alpha value is -1.00. The van der Waals surface area contributed by atoms with Crippen LogP contribution in [-0.2, 0) is 0 Å². The first kappa shape index (κ1) is 12.5. The third-order valence-electron chi connectivity index (χ3n) is 2.41. The molecule has 0 aliphatic carbocycles. The van der Waals surface area contributed by atoms with Crippen LogP contribution in [0.5, 0.6) is 0 Å². The van der Waals surface area contributed by atoms with Gasteiger partial charge >= 0.3 is 0 Å². The van der Waals surface area contributed by atoms with Crippen LogP contribution in [0.1, 0.15) is 11.3 Å². The molecule has 88 valence electrons. The van der Waals surface area contributed by atoms with Crippen molar-refractivity contribution in [1.29, 1.82) is 0 Å². The van der Waals surface area contributed by atoms with Gasteiger partial charge < -0.3 is 0 Å². The minimum Gasteiger partial charge on any atom is -0.230 e. The van der Waals surface area contributed by atoms with Crippen molar-refractivity contribution < 1.29 is 4.39 Å².